The number of imidazole rings is 1. The molecule has 0 unspecified atom stereocenters. The van der Waals surface area contributed by atoms with E-state index in [4.69, 9.17) is 5.73 Å². The number of aromatic nitrogens is 2. The first-order valence-corrected chi connectivity index (χ1v) is 8.22. The molecule has 0 bridgehead atoms. The minimum Gasteiger partial charge on any atom is -0.369 e. The van der Waals surface area contributed by atoms with Crippen molar-refractivity contribution in [1.82, 2.24) is 9.55 Å². The molecule has 3 rings (SSSR count). The van der Waals surface area contributed by atoms with Crippen LogP contribution in [-0.2, 0) is 19.1 Å². The summed E-state index contributed by atoms with van der Waals surface area (Å²) >= 11 is 3.23. The summed E-state index contributed by atoms with van der Waals surface area (Å²) in [4.78, 5) is 4.30. The van der Waals surface area contributed by atoms with E-state index in [1.807, 2.05) is 28.8 Å². The van der Waals surface area contributed by atoms with E-state index in [0.29, 0.717) is 23.4 Å². The largest absolute Gasteiger partial charge is 0.416 e. The Bertz CT molecular complexity index is 877. The van der Waals surface area contributed by atoms with Crippen LogP contribution in [0.5, 0.6) is 0 Å². The molecule has 0 atom stereocenters. The summed E-state index contributed by atoms with van der Waals surface area (Å²) in [5.41, 5.74) is 7.94. The van der Waals surface area contributed by atoms with Gasteiger partial charge in [-0.25, -0.2) is 4.98 Å². The van der Waals surface area contributed by atoms with Gasteiger partial charge in [-0.05, 0) is 42.7 Å². The molecule has 1 aromatic heterocycles. The van der Waals surface area contributed by atoms with E-state index in [9.17, 15) is 13.2 Å². The second kappa shape index (κ2) is 7.66. The van der Waals surface area contributed by atoms with Crippen LogP contribution in [0.3, 0.4) is 0 Å². The number of aryl methyl sites for hydroxylation is 2. The lowest BCUT2D eigenvalue weighted by molar-refractivity contribution is -0.137. The minimum atomic E-state index is -4.33. The van der Waals surface area contributed by atoms with Crippen molar-refractivity contribution in [3.05, 3.63) is 58.1 Å². The van der Waals surface area contributed by atoms with Crippen molar-refractivity contribution in [2.75, 3.05) is 5.73 Å². The van der Waals surface area contributed by atoms with E-state index in [1.54, 1.807) is 0 Å². The van der Waals surface area contributed by atoms with Crippen LogP contribution >= 0.6 is 28.3 Å². The Morgan fingerprint density at radius 3 is 2.52 bits per heavy atom. The lowest BCUT2D eigenvalue weighted by Crippen LogP contribution is -2.06. The second-order valence-electron chi connectivity index (χ2n) is 5.52. The van der Waals surface area contributed by atoms with E-state index >= 15 is 0 Å². The quantitative estimate of drug-likeness (QED) is 0.593. The molecule has 2 aromatic carbocycles. The number of fused-ring (bicyclic) bond motifs is 1. The van der Waals surface area contributed by atoms with Gasteiger partial charge in [-0.2, -0.15) is 13.2 Å². The SMILES string of the molecule is Cl.Nc1nc2ccccc2n1CCCc1ccc(C(F)(F)F)cc1Br. The fourth-order valence-corrected chi connectivity index (χ4v) is 3.26. The van der Waals surface area contributed by atoms with E-state index in [2.05, 4.69) is 20.9 Å². The van der Waals surface area contributed by atoms with Crippen LogP contribution in [0.25, 0.3) is 11.0 Å². The molecule has 0 amide bonds. The molecule has 0 spiro atoms. The first kappa shape index (κ1) is 19.6. The van der Waals surface area contributed by atoms with Gasteiger partial charge in [0.2, 0.25) is 5.95 Å². The molecule has 0 aliphatic rings. The minimum absolute atomic E-state index is 0. The summed E-state index contributed by atoms with van der Waals surface area (Å²) in [5.74, 6) is 0.447. The lowest BCUT2D eigenvalue weighted by atomic mass is 10.1. The van der Waals surface area contributed by atoms with Gasteiger partial charge in [0, 0.05) is 11.0 Å². The third-order valence-electron chi connectivity index (χ3n) is 3.89. The number of anilines is 1. The van der Waals surface area contributed by atoms with Crippen molar-refractivity contribution in [2.45, 2.75) is 25.6 Å². The Morgan fingerprint density at radius 2 is 1.84 bits per heavy atom. The van der Waals surface area contributed by atoms with Crippen molar-refractivity contribution < 1.29 is 13.2 Å². The number of nitrogens with zero attached hydrogens (tertiary/aromatic N) is 2. The molecule has 0 aliphatic heterocycles. The number of nitrogens with two attached hydrogens (primary N) is 1. The highest BCUT2D eigenvalue weighted by Gasteiger charge is 2.30. The summed E-state index contributed by atoms with van der Waals surface area (Å²) in [5, 5.41) is 0. The van der Waals surface area contributed by atoms with Gasteiger partial charge < -0.3 is 10.3 Å². The average molecular weight is 435 g/mol. The van der Waals surface area contributed by atoms with Crippen LogP contribution in [0.1, 0.15) is 17.5 Å². The van der Waals surface area contributed by atoms with Gasteiger partial charge >= 0.3 is 6.18 Å². The first-order chi connectivity index (χ1) is 11.4. The number of rotatable bonds is 4. The number of halogens is 5. The monoisotopic (exact) mass is 433 g/mol. The van der Waals surface area contributed by atoms with Crippen LogP contribution in [0.4, 0.5) is 19.1 Å². The van der Waals surface area contributed by atoms with E-state index in [-0.39, 0.29) is 12.4 Å². The summed E-state index contributed by atoms with van der Waals surface area (Å²) < 4.78 is 40.5. The van der Waals surface area contributed by atoms with Crippen molar-refractivity contribution in [3.8, 4) is 0 Å². The maximum absolute atomic E-state index is 12.7. The molecule has 0 fully saturated rings. The van der Waals surface area contributed by atoms with E-state index in [0.717, 1.165) is 35.2 Å². The van der Waals surface area contributed by atoms with E-state index in [1.165, 1.54) is 6.07 Å². The molecule has 134 valence electrons. The normalized spacial score (nSPS) is 11.5. The van der Waals surface area contributed by atoms with Gasteiger partial charge in [-0.1, -0.05) is 34.1 Å². The zero-order valence-electron chi connectivity index (χ0n) is 13.1. The smallest absolute Gasteiger partial charge is 0.369 e. The topological polar surface area (TPSA) is 43.8 Å². The predicted molar refractivity (Wildman–Crippen MR) is 98.9 cm³/mol. The molecule has 1 heterocycles. The van der Waals surface area contributed by atoms with Crippen LogP contribution < -0.4 is 5.73 Å². The molecule has 2 N–H and O–H groups in total. The standard InChI is InChI=1S/C17H15BrF3N3.ClH/c18-13-10-12(17(19,20)21)8-7-11(13)4-3-9-24-15-6-2-1-5-14(15)23-16(24)22;/h1-2,5-8,10H,3-4,9H2,(H2,22,23);1H. The van der Waals surface area contributed by atoms with Crippen molar-refractivity contribution in [3.63, 3.8) is 0 Å². The molecule has 3 nitrogen and oxygen atoms in total. The van der Waals surface area contributed by atoms with Crippen LogP contribution in [0, 0.1) is 0 Å². The van der Waals surface area contributed by atoms with Gasteiger partial charge in [0.25, 0.3) is 0 Å². The zero-order valence-corrected chi connectivity index (χ0v) is 15.5. The Balaban J connectivity index is 0.00000225. The van der Waals surface area contributed by atoms with Gasteiger partial charge in [0.1, 0.15) is 0 Å². The number of hydrogen-bond acceptors (Lipinski definition) is 2. The van der Waals surface area contributed by atoms with Gasteiger partial charge in [0.15, 0.2) is 0 Å². The molecule has 25 heavy (non-hydrogen) atoms. The van der Waals surface area contributed by atoms with Gasteiger partial charge in [0.05, 0.1) is 16.6 Å². The third-order valence-corrected chi connectivity index (χ3v) is 4.63. The Morgan fingerprint density at radius 1 is 1.12 bits per heavy atom. The highest BCUT2D eigenvalue weighted by molar-refractivity contribution is 9.10. The highest BCUT2D eigenvalue weighted by Crippen LogP contribution is 2.32. The Kier molecular flexibility index (Phi) is 6.00. The molecular weight excluding hydrogens is 419 g/mol. The lowest BCUT2D eigenvalue weighted by Gasteiger charge is -2.11. The van der Waals surface area contributed by atoms with Gasteiger partial charge in [-0.3, -0.25) is 0 Å². The number of alkyl halides is 3. The number of hydrogen-bond donors (Lipinski definition) is 1. The maximum atomic E-state index is 12.7. The highest BCUT2D eigenvalue weighted by atomic mass is 79.9. The zero-order chi connectivity index (χ0) is 17.3. The predicted octanol–water partition coefficient (Wildman–Crippen LogP) is 5.45. The maximum Gasteiger partial charge on any atom is 0.416 e. The molecule has 3 aromatic rings. The van der Waals surface area contributed by atoms with Crippen molar-refractivity contribution >= 4 is 45.3 Å². The van der Waals surface area contributed by atoms with Gasteiger partial charge in [-0.15, -0.1) is 12.4 Å². The molecular formula is C17H16BrClF3N3. The van der Waals surface area contributed by atoms with E-state index < -0.39 is 11.7 Å². The van der Waals surface area contributed by atoms with Crippen LogP contribution in [0.2, 0.25) is 0 Å². The van der Waals surface area contributed by atoms with Crippen LogP contribution in [0.15, 0.2) is 46.9 Å². The molecule has 0 saturated heterocycles. The summed E-state index contributed by atoms with van der Waals surface area (Å²) in [6.07, 6.45) is -2.94. The number of para-hydroxylation sites is 2. The molecule has 0 saturated carbocycles. The third kappa shape index (κ3) is 4.27. The van der Waals surface area contributed by atoms with Crippen molar-refractivity contribution in [1.29, 1.82) is 0 Å². The van der Waals surface area contributed by atoms with Crippen molar-refractivity contribution in [2.24, 2.45) is 0 Å². The summed E-state index contributed by atoms with van der Waals surface area (Å²) in [6, 6.07) is 11.4. The molecule has 8 heteroatoms. The number of nitrogen functional groups attached to an aromatic ring is 1. The summed E-state index contributed by atoms with van der Waals surface area (Å²) in [6.45, 7) is 0.653. The second-order valence-corrected chi connectivity index (χ2v) is 6.37. The number of benzene rings is 2. The molecule has 0 aliphatic carbocycles. The fraction of sp³-hybridized carbons (Fsp3) is 0.235. The average Bonchev–Trinajstić information content (AvgIpc) is 2.84. The van der Waals surface area contributed by atoms with Crippen LogP contribution in [-0.4, -0.2) is 9.55 Å². The first-order valence-electron chi connectivity index (χ1n) is 7.42. The Labute approximate surface area is 157 Å². The molecule has 0 radical (unpaired) electrons. The Hall–Kier alpha value is -1.73. The summed E-state index contributed by atoms with van der Waals surface area (Å²) in [7, 11) is 0. The fourth-order valence-electron chi connectivity index (χ4n) is 2.68.